The van der Waals surface area contributed by atoms with E-state index in [0.717, 1.165) is 10.6 Å². The van der Waals surface area contributed by atoms with Gasteiger partial charge in [-0.2, -0.15) is 0 Å². The van der Waals surface area contributed by atoms with Gasteiger partial charge in [0.05, 0.1) is 0 Å². The Morgan fingerprint density at radius 3 is 2.46 bits per heavy atom. The van der Waals surface area contributed by atoms with E-state index in [1.165, 1.54) is 10.4 Å². The number of rotatable bonds is 1. The lowest BCUT2D eigenvalue weighted by molar-refractivity contribution is 1.38. The van der Waals surface area contributed by atoms with Gasteiger partial charge in [-0.05, 0) is 19.4 Å². The maximum Gasteiger partial charge on any atom is 0.123 e. The third-order valence-electron chi connectivity index (χ3n) is 1.82. The molecular formula is C11H10NS. The summed E-state index contributed by atoms with van der Waals surface area (Å²) in [5.41, 5.74) is 2.21. The molecule has 0 saturated heterocycles. The van der Waals surface area contributed by atoms with Gasteiger partial charge in [0.15, 0.2) is 0 Å². The molecule has 2 rings (SSSR count). The van der Waals surface area contributed by atoms with Crippen molar-refractivity contribution in [2.24, 2.45) is 0 Å². The molecule has 0 bridgehead atoms. The second kappa shape index (κ2) is 3.30. The van der Waals surface area contributed by atoms with Crippen LogP contribution >= 0.6 is 11.3 Å². The SMILES string of the molecule is [CH2]c1ccc(-c2ncc(C)s2)cc1. The third kappa shape index (κ3) is 1.78. The molecule has 2 aromatic rings. The van der Waals surface area contributed by atoms with Crippen LogP contribution in [0.2, 0.25) is 0 Å². The van der Waals surface area contributed by atoms with Crippen LogP contribution in [0.3, 0.4) is 0 Å². The van der Waals surface area contributed by atoms with Gasteiger partial charge in [0.1, 0.15) is 5.01 Å². The zero-order chi connectivity index (χ0) is 9.26. The average Bonchev–Trinajstić information content (AvgIpc) is 2.53. The van der Waals surface area contributed by atoms with E-state index < -0.39 is 0 Å². The van der Waals surface area contributed by atoms with Crippen molar-refractivity contribution >= 4 is 11.3 Å². The van der Waals surface area contributed by atoms with E-state index in [-0.39, 0.29) is 0 Å². The predicted molar refractivity (Wildman–Crippen MR) is 56.7 cm³/mol. The highest BCUT2D eigenvalue weighted by Crippen LogP contribution is 2.24. The third-order valence-corrected chi connectivity index (χ3v) is 2.78. The fraction of sp³-hybridized carbons (Fsp3) is 0.0909. The Bertz CT molecular complexity index is 400. The lowest BCUT2D eigenvalue weighted by Crippen LogP contribution is -1.75. The topological polar surface area (TPSA) is 12.9 Å². The number of nitrogens with zero attached hydrogens (tertiary/aromatic N) is 1. The van der Waals surface area contributed by atoms with Crippen LogP contribution in [0.15, 0.2) is 30.5 Å². The molecule has 0 N–H and O–H groups in total. The Morgan fingerprint density at radius 1 is 1.23 bits per heavy atom. The first-order chi connectivity index (χ1) is 6.25. The molecule has 13 heavy (non-hydrogen) atoms. The number of benzene rings is 1. The lowest BCUT2D eigenvalue weighted by atomic mass is 10.2. The number of aryl methyl sites for hydroxylation is 1. The quantitative estimate of drug-likeness (QED) is 0.669. The van der Waals surface area contributed by atoms with Gasteiger partial charge in [0, 0.05) is 16.6 Å². The second-order valence-corrected chi connectivity index (χ2v) is 4.21. The van der Waals surface area contributed by atoms with Crippen molar-refractivity contribution in [3.8, 4) is 10.6 Å². The summed E-state index contributed by atoms with van der Waals surface area (Å²) >= 11 is 1.72. The fourth-order valence-corrected chi connectivity index (χ4v) is 1.91. The molecule has 0 aliphatic carbocycles. The number of hydrogen-bond donors (Lipinski definition) is 0. The molecule has 0 atom stereocenters. The van der Waals surface area contributed by atoms with Crippen molar-refractivity contribution in [3.05, 3.63) is 47.8 Å². The van der Waals surface area contributed by atoms with Crippen LogP contribution in [-0.4, -0.2) is 4.98 Å². The summed E-state index contributed by atoms with van der Waals surface area (Å²) in [6.45, 7) is 5.91. The molecule has 1 heterocycles. The molecule has 65 valence electrons. The number of aromatic nitrogens is 1. The van der Waals surface area contributed by atoms with E-state index in [1.54, 1.807) is 11.3 Å². The number of hydrogen-bond acceptors (Lipinski definition) is 2. The summed E-state index contributed by atoms with van der Waals surface area (Å²) < 4.78 is 0. The molecule has 0 fully saturated rings. The molecule has 0 amide bonds. The standard InChI is InChI=1S/C11H10NS/c1-8-3-5-10(6-4-8)11-12-7-9(2)13-11/h3-7H,1H2,2H3. The van der Waals surface area contributed by atoms with E-state index in [2.05, 4.69) is 31.0 Å². The molecule has 0 saturated carbocycles. The van der Waals surface area contributed by atoms with Gasteiger partial charge in [0.25, 0.3) is 0 Å². The Balaban J connectivity index is 2.41. The fourth-order valence-electron chi connectivity index (χ4n) is 1.14. The first-order valence-electron chi connectivity index (χ1n) is 4.10. The molecule has 2 heteroatoms. The molecule has 0 aliphatic rings. The minimum Gasteiger partial charge on any atom is -0.244 e. The van der Waals surface area contributed by atoms with Gasteiger partial charge in [0.2, 0.25) is 0 Å². The Labute approximate surface area is 82.1 Å². The Kier molecular flexibility index (Phi) is 2.15. The van der Waals surface area contributed by atoms with E-state index in [1.807, 2.05) is 18.3 Å². The Hall–Kier alpha value is -1.15. The van der Waals surface area contributed by atoms with Crippen molar-refractivity contribution in [3.63, 3.8) is 0 Å². The van der Waals surface area contributed by atoms with Crippen LogP contribution in [0.1, 0.15) is 10.4 Å². The highest BCUT2D eigenvalue weighted by atomic mass is 32.1. The lowest BCUT2D eigenvalue weighted by Gasteiger charge is -1.95. The van der Waals surface area contributed by atoms with Crippen LogP contribution in [0.5, 0.6) is 0 Å². The highest BCUT2D eigenvalue weighted by Gasteiger charge is 2.00. The summed E-state index contributed by atoms with van der Waals surface area (Å²) in [5, 5.41) is 1.08. The maximum atomic E-state index is 4.31. The average molecular weight is 188 g/mol. The smallest absolute Gasteiger partial charge is 0.123 e. The van der Waals surface area contributed by atoms with Crippen molar-refractivity contribution < 1.29 is 0 Å². The van der Waals surface area contributed by atoms with Crippen LogP contribution in [0, 0.1) is 13.8 Å². The molecule has 1 nitrogen and oxygen atoms in total. The first-order valence-corrected chi connectivity index (χ1v) is 4.92. The van der Waals surface area contributed by atoms with Gasteiger partial charge in [-0.15, -0.1) is 11.3 Å². The first kappa shape index (κ1) is 8.45. The van der Waals surface area contributed by atoms with E-state index in [0.29, 0.717) is 0 Å². The van der Waals surface area contributed by atoms with Crippen molar-refractivity contribution in [1.82, 2.24) is 4.98 Å². The summed E-state index contributed by atoms with van der Waals surface area (Å²) in [5.74, 6) is 0. The van der Waals surface area contributed by atoms with Gasteiger partial charge >= 0.3 is 0 Å². The number of thiazole rings is 1. The Morgan fingerprint density at radius 2 is 1.92 bits per heavy atom. The molecule has 0 unspecified atom stereocenters. The predicted octanol–water partition coefficient (Wildman–Crippen LogP) is 3.30. The summed E-state index contributed by atoms with van der Waals surface area (Å²) in [4.78, 5) is 5.56. The minimum atomic E-state index is 1.04. The summed E-state index contributed by atoms with van der Waals surface area (Å²) in [7, 11) is 0. The monoisotopic (exact) mass is 188 g/mol. The van der Waals surface area contributed by atoms with Crippen LogP contribution < -0.4 is 0 Å². The van der Waals surface area contributed by atoms with Crippen molar-refractivity contribution in [1.29, 1.82) is 0 Å². The summed E-state index contributed by atoms with van der Waals surface area (Å²) in [6.07, 6.45) is 1.90. The van der Waals surface area contributed by atoms with Crippen LogP contribution in [0.4, 0.5) is 0 Å². The van der Waals surface area contributed by atoms with Gasteiger partial charge in [-0.3, -0.25) is 0 Å². The second-order valence-electron chi connectivity index (χ2n) is 2.97. The van der Waals surface area contributed by atoms with E-state index in [9.17, 15) is 0 Å². The summed E-state index contributed by atoms with van der Waals surface area (Å²) in [6, 6.07) is 8.12. The highest BCUT2D eigenvalue weighted by molar-refractivity contribution is 7.14. The van der Waals surface area contributed by atoms with Crippen molar-refractivity contribution in [2.75, 3.05) is 0 Å². The van der Waals surface area contributed by atoms with Crippen molar-refractivity contribution in [2.45, 2.75) is 6.92 Å². The maximum absolute atomic E-state index is 4.31. The van der Waals surface area contributed by atoms with Gasteiger partial charge < -0.3 is 0 Å². The molecular weight excluding hydrogens is 178 g/mol. The molecule has 1 aromatic carbocycles. The molecule has 1 radical (unpaired) electrons. The minimum absolute atomic E-state index is 1.04. The normalized spacial score (nSPS) is 10.3. The largest absolute Gasteiger partial charge is 0.244 e. The van der Waals surface area contributed by atoms with Gasteiger partial charge in [-0.25, -0.2) is 4.98 Å². The van der Waals surface area contributed by atoms with Crippen LogP contribution in [0.25, 0.3) is 10.6 Å². The zero-order valence-electron chi connectivity index (χ0n) is 7.45. The molecule has 1 aromatic heterocycles. The van der Waals surface area contributed by atoms with E-state index in [4.69, 9.17) is 0 Å². The van der Waals surface area contributed by atoms with E-state index >= 15 is 0 Å². The van der Waals surface area contributed by atoms with Gasteiger partial charge in [-0.1, -0.05) is 24.3 Å². The molecule has 0 aliphatic heterocycles. The molecule has 0 spiro atoms. The van der Waals surface area contributed by atoms with Crippen LogP contribution in [-0.2, 0) is 0 Å². The zero-order valence-corrected chi connectivity index (χ0v) is 8.27.